The van der Waals surface area contributed by atoms with Gasteiger partial charge in [0.05, 0.1) is 28.4 Å². The highest BCUT2D eigenvalue weighted by atomic mass is 16.5. The average Bonchev–Trinajstić information content (AvgIpc) is 3.26. The molecule has 0 radical (unpaired) electrons. The van der Waals surface area contributed by atoms with Crippen molar-refractivity contribution in [3.63, 3.8) is 0 Å². The molecular weight excluding hydrogens is 452 g/mol. The van der Waals surface area contributed by atoms with Crippen LogP contribution in [0.4, 0.5) is 0 Å². The van der Waals surface area contributed by atoms with Gasteiger partial charge in [0.2, 0.25) is 0 Å². The zero-order chi connectivity index (χ0) is 24.9. The Labute approximate surface area is 210 Å². The van der Waals surface area contributed by atoms with Crippen molar-refractivity contribution in [3.8, 4) is 17.0 Å². The molecule has 2 aromatic carbocycles. The highest BCUT2D eigenvalue weighted by Gasteiger charge is 2.43. The maximum Gasteiger partial charge on any atom is 0.259 e. The molecule has 0 aliphatic carbocycles. The largest absolute Gasteiger partial charge is 0.487 e. The van der Waals surface area contributed by atoms with Crippen LogP contribution in [0.2, 0.25) is 0 Å². The fraction of sp³-hybridized carbons (Fsp3) is 0.345. The molecule has 2 aliphatic heterocycles. The topological polar surface area (TPSA) is 80.5 Å². The number of nitrogens with one attached hydrogen (secondary N) is 1. The van der Waals surface area contributed by atoms with Crippen LogP contribution in [0.3, 0.4) is 0 Å². The molecule has 2 aliphatic rings. The van der Waals surface area contributed by atoms with E-state index in [-0.39, 0.29) is 17.6 Å². The summed E-state index contributed by atoms with van der Waals surface area (Å²) in [6, 6.07) is 17.8. The Bertz CT molecular complexity index is 1430. The Hall–Kier alpha value is -3.71. The fourth-order valence-electron chi connectivity index (χ4n) is 5.46. The van der Waals surface area contributed by atoms with Gasteiger partial charge < -0.3 is 19.5 Å². The molecule has 1 unspecified atom stereocenters. The van der Waals surface area contributed by atoms with Crippen LogP contribution >= 0.6 is 0 Å². The summed E-state index contributed by atoms with van der Waals surface area (Å²) in [6.07, 6.45) is 2.61. The molecule has 1 spiro atoms. The van der Waals surface area contributed by atoms with Gasteiger partial charge in [-0.2, -0.15) is 0 Å². The number of aromatic nitrogens is 2. The molecule has 6 rings (SSSR count). The number of fused-ring (bicyclic) bond motifs is 2. The molecule has 1 amide bonds. The molecule has 184 valence electrons. The Kier molecular flexibility index (Phi) is 5.52. The van der Waals surface area contributed by atoms with Gasteiger partial charge in [-0.05, 0) is 45.9 Å². The second-order valence-corrected chi connectivity index (χ2v) is 10.2. The number of carbonyl (C=O) groups excluding carboxylic acids is 1. The van der Waals surface area contributed by atoms with E-state index in [4.69, 9.17) is 9.26 Å². The van der Waals surface area contributed by atoms with Gasteiger partial charge in [-0.15, -0.1) is 0 Å². The smallest absolute Gasteiger partial charge is 0.259 e. The first-order valence-corrected chi connectivity index (χ1v) is 12.5. The van der Waals surface area contributed by atoms with E-state index in [0.29, 0.717) is 28.1 Å². The van der Waals surface area contributed by atoms with Crippen LogP contribution < -0.4 is 10.1 Å². The lowest BCUT2D eigenvalue weighted by atomic mass is 9.80. The van der Waals surface area contributed by atoms with Crippen LogP contribution in [0.15, 0.2) is 59.1 Å². The lowest BCUT2D eigenvalue weighted by molar-refractivity contribution is -0.0195. The van der Waals surface area contributed by atoms with E-state index in [0.717, 1.165) is 54.8 Å². The minimum atomic E-state index is -0.271. The molecular formula is C29H30N4O3. The molecule has 4 heterocycles. The molecule has 1 saturated heterocycles. The second kappa shape index (κ2) is 8.75. The van der Waals surface area contributed by atoms with Gasteiger partial charge in [0, 0.05) is 30.6 Å². The van der Waals surface area contributed by atoms with Gasteiger partial charge in [0.15, 0.2) is 0 Å². The van der Waals surface area contributed by atoms with E-state index in [1.54, 1.807) is 0 Å². The van der Waals surface area contributed by atoms with Gasteiger partial charge in [0.1, 0.15) is 11.4 Å². The number of pyridine rings is 1. The fourth-order valence-corrected chi connectivity index (χ4v) is 5.46. The summed E-state index contributed by atoms with van der Waals surface area (Å²) in [7, 11) is 2.14. The number of carbonyl (C=O) groups is 1. The number of amides is 1. The van der Waals surface area contributed by atoms with Crippen molar-refractivity contribution in [1.82, 2.24) is 20.4 Å². The van der Waals surface area contributed by atoms with Crippen molar-refractivity contribution in [2.75, 3.05) is 20.1 Å². The van der Waals surface area contributed by atoms with Gasteiger partial charge >= 0.3 is 0 Å². The monoisotopic (exact) mass is 482 g/mol. The number of ether oxygens (including phenoxy) is 1. The zero-order valence-corrected chi connectivity index (χ0v) is 20.9. The summed E-state index contributed by atoms with van der Waals surface area (Å²) in [6.45, 7) is 5.84. The normalized spacial score (nSPS) is 19.1. The molecule has 4 aromatic rings. The quantitative estimate of drug-likeness (QED) is 0.431. The number of nitrogens with zero attached hydrogens (tertiary/aromatic N) is 3. The standard InChI is InChI=1S/C29H30N4O3/c1-18-8-10-20(11-9-18)23-16-22(26-19(2)32-36-28(26)31-23)27(34)30-24-17-29(12-14-33(3)15-13-29)35-25-7-5-4-6-21(24)25/h4-11,16,24H,12-15,17H2,1-3H3,(H,30,34). The van der Waals surface area contributed by atoms with E-state index in [1.807, 2.05) is 68.4 Å². The minimum Gasteiger partial charge on any atom is -0.487 e. The molecule has 36 heavy (non-hydrogen) atoms. The van der Waals surface area contributed by atoms with Gasteiger partial charge in [-0.25, -0.2) is 4.98 Å². The van der Waals surface area contributed by atoms with Crippen LogP contribution in [-0.4, -0.2) is 46.7 Å². The van der Waals surface area contributed by atoms with Crippen LogP contribution in [-0.2, 0) is 0 Å². The number of para-hydroxylation sites is 1. The number of rotatable bonds is 3. The lowest BCUT2D eigenvalue weighted by Gasteiger charge is -2.46. The number of hydrogen-bond donors (Lipinski definition) is 1. The van der Waals surface area contributed by atoms with E-state index >= 15 is 0 Å². The molecule has 7 nitrogen and oxygen atoms in total. The van der Waals surface area contributed by atoms with Crippen molar-refractivity contribution in [2.24, 2.45) is 0 Å². The SMILES string of the molecule is Cc1ccc(-c2cc(C(=O)NC3CC4(CCN(C)CC4)Oc4ccccc43)c3c(C)noc3n2)cc1. The Morgan fingerprint density at radius 2 is 1.83 bits per heavy atom. The third-order valence-electron chi connectivity index (χ3n) is 7.61. The molecule has 0 bridgehead atoms. The first-order chi connectivity index (χ1) is 17.4. The summed E-state index contributed by atoms with van der Waals surface area (Å²) in [5.41, 5.74) is 5.06. The van der Waals surface area contributed by atoms with Crippen LogP contribution in [0, 0.1) is 13.8 Å². The summed E-state index contributed by atoms with van der Waals surface area (Å²) in [5.74, 6) is 0.701. The van der Waals surface area contributed by atoms with Crippen LogP contribution in [0.5, 0.6) is 5.75 Å². The van der Waals surface area contributed by atoms with Crippen molar-refractivity contribution >= 4 is 17.0 Å². The summed E-state index contributed by atoms with van der Waals surface area (Å²) in [4.78, 5) is 20.9. The number of benzene rings is 2. The molecule has 0 saturated carbocycles. The van der Waals surface area contributed by atoms with E-state index in [2.05, 4.69) is 27.4 Å². The molecule has 1 atom stereocenters. The van der Waals surface area contributed by atoms with Crippen molar-refractivity contribution in [1.29, 1.82) is 0 Å². The second-order valence-electron chi connectivity index (χ2n) is 10.2. The Morgan fingerprint density at radius 3 is 2.61 bits per heavy atom. The first-order valence-electron chi connectivity index (χ1n) is 12.5. The Morgan fingerprint density at radius 1 is 1.08 bits per heavy atom. The highest BCUT2D eigenvalue weighted by molar-refractivity contribution is 6.07. The number of aryl methyl sites for hydroxylation is 2. The van der Waals surface area contributed by atoms with Crippen molar-refractivity contribution in [3.05, 3.63) is 77.0 Å². The van der Waals surface area contributed by atoms with Crippen molar-refractivity contribution < 1.29 is 14.1 Å². The van der Waals surface area contributed by atoms with E-state index in [1.165, 1.54) is 0 Å². The summed E-state index contributed by atoms with van der Waals surface area (Å²) < 4.78 is 12.1. The number of likely N-dealkylation sites (tertiary alicyclic amines) is 1. The van der Waals surface area contributed by atoms with Crippen molar-refractivity contribution in [2.45, 2.75) is 44.8 Å². The van der Waals surface area contributed by atoms with Gasteiger partial charge in [-0.3, -0.25) is 4.79 Å². The number of piperidine rings is 1. The summed E-state index contributed by atoms with van der Waals surface area (Å²) >= 11 is 0. The highest BCUT2D eigenvalue weighted by Crippen LogP contribution is 2.44. The maximum absolute atomic E-state index is 13.9. The van der Waals surface area contributed by atoms with Gasteiger partial charge in [0.25, 0.3) is 11.6 Å². The predicted molar refractivity (Wildman–Crippen MR) is 138 cm³/mol. The Balaban J connectivity index is 1.37. The van der Waals surface area contributed by atoms with Gasteiger partial charge in [-0.1, -0.05) is 53.2 Å². The van der Waals surface area contributed by atoms with Crippen LogP contribution in [0.25, 0.3) is 22.4 Å². The average molecular weight is 483 g/mol. The summed E-state index contributed by atoms with van der Waals surface area (Å²) in [5, 5.41) is 8.10. The molecule has 7 heteroatoms. The predicted octanol–water partition coefficient (Wildman–Crippen LogP) is 5.22. The van der Waals surface area contributed by atoms with Crippen LogP contribution in [0.1, 0.15) is 52.5 Å². The lowest BCUT2D eigenvalue weighted by Crippen LogP contribution is -2.51. The third-order valence-corrected chi connectivity index (χ3v) is 7.61. The maximum atomic E-state index is 13.9. The van der Waals surface area contributed by atoms with E-state index in [9.17, 15) is 4.79 Å². The van der Waals surface area contributed by atoms with E-state index < -0.39 is 0 Å². The molecule has 1 N–H and O–H groups in total. The zero-order valence-electron chi connectivity index (χ0n) is 20.9. The minimum absolute atomic E-state index is 0.155. The molecule has 1 fully saturated rings. The third kappa shape index (κ3) is 4.03. The number of hydrogen-bond acceptors (Lipinski definition) is 6. The first kappa shape index (κ1) is 22.7. The molecule has 2 aromatic heterocycles.